The summed E-state index contributed by atoms with van der Waals surface area (Å²) in [6.45, 7) is 3.67. The number of aliphatic hydroxyl groups is 1. The molecule has 1 aromatic heterocycles. The number of aryl methyl sites for hydroxylation is 1. The van der Waals surface area contributed by atoms with E-state index in [1.807, 2.05) is 19.1 Å². The van der Waals surface area contributed by atoms with E-state index >= 15 is 0 Å². The van der Waals surface area contributed by atoms with E-state index in [2.05, 4.69) is 4.57 Å². The molecule has 0 bridgehead atoms. The zero-order chi connectivity index (χ0) is 27.1. The number of nitrogens with zero attached hydrogens (tertiary/aromatic N) is 3. The SMILES string of the molecule is COC(=O)N1c2ccc3c(nc([C@H](O)c4ccc(OC)cc4Cl)n3[C@@H]3CCC[C@@H](C(C)=O)C3)c2CC[C@@H]1C. The molecular formula is C29H34ClN3O5. The van der Waals surface area contributed by atoms with Crippen molar-refractivity contribution >= 4 is 40.2 Å². The van der Waals surface area contributed by atoms with Gasteiger partial charge in [0.15, 0.2) is 0 Å². The average Bonchev–Trinajstić information content (AvgIpc) is 3.32. The molecule has 1 amide bonds. The minimum absolute atomic E-state index is 0.00148. The first-order valence-corrected chi connectivity index (χ1v) is 13.6. The van der Waals surface area contributed by atoms with Gasteiger partial charge in [-0.05, 0) is 70.2 Å². The monoisotopic (exact) mass is 539 g/mol. The maximum Gasteiger partial charge on any atom is 0.414 e. The predicted molar refractivity (Wildman–Crippen MR) is 146 cm³/mol. The van der Waals surface area contributed by atoms with E-state index in [-0.39, 0.29) is 23.8 Å². The van der Waals surface area contributed by atoms with Crippen molar-refractivity contribution in [3.8, 4) is 5.75 Å². The third-order valence-corrected chi connectivity index (χ3v) is 8.51. The van der Waals surface area contributed by atoms with Crippen molar-refractivity contribution in [3.63, 3.8) is 0 Å². The quantitative estimate of drug-likeness (QED) is 0.427. The number of aliphatic hydroxyl groups excluding tert-OH is 1. The molecule has 38 heavy (non-hydrogen) atoms. The van der Waals surface area contributed by atoms with Gasteiger partial charge >= 0.3 is 6.09 Å². The molecule has 0 unspecified atom stereocenters. The average molecular weight is 540 g/mol. The van der Waals surface area contributed by atoms with Gasteiger partial charge in [-0.2, -0.15) is 0 Å². The zero-order valence-corrected chi connectivity index (χ0v) is 23.0. The molecule has 5 rings (SSSR count). The largest absolute Gasteiger partial charge is 0.497 e. The van der Waals surface area contributed by atoms with E-state index in [1.54, 1.807) is 37.1 Å². The Morgan fingerprint density at radius 2 is 1.95 bits per heavy atom. The lowest BCUT2D eigenvalue weighted by molar-refractivity contribution is -0.122. The second kappa shape index (κ2) is 10.6. The van der Waals surface area contributed by atoms with Crippen LogP contribution in [-0.2, 0) is 16.0 Å². The van der Waals surface area contributed by atoms with Crippen LogP contribution in [-0.4, -0.2) is 46.8 Å². The molecule has 0 radical (unpaired) electrons. The Bertz CT molecular complexity index is 1390. The van der Waals surface area contributed by atoms with Crippen LogP contribution in [0.3, 0.4) is 0 Å². The van der Waals surface area contributed by atoms with Crippen LogP contribution >= 0.6 is 11.6 Å². The van der Waals surface area contributed by atoms with Gasteiger partial charge in [0.25, 0.3) is 0 Å². The van der Waals surface area contributed by atoms with Gasteiger partial charge in [0, 0.05) is 29.1 Å². The fraction of sp³-hybridized carbons (Fsp3) is 0.483. The van der Waals surface area contributed by atoms with Gasteiger partial charge in [0.05, 0.1) is 36.0 Å². The molecule has 2 aliphatic rings. The number of aromatic nitrogens is 2. The van der Waals surface area contributed by atoms with Crippen molar-refractivity contribution in [2.45, 2.75) is 70.6 Å². The molecule has 2 heterocycles. The summed E-state index contributed by atoms with van der Waals surface area (Å²) >= 11 is 6.58. The Kier molecular flexibility index (Phi) is 7.38. The number of methoxy groups -OCH3 is 2. The molecule has 1 aliphatic carbocycles. The van der Waals surface area contributed by atoms with Gasteiger partial charge in [0.2, 0.25) is 0 Å². The number of anilines is 1. The summed E-state index contributed by atoms with van der Waals surface area (Å²) in [5, 5.41) is 12.1. The van der Waals surface area contributed by atoms with Crippen LogP contribution in [0.5, 0.6) is 5.75 Å². The molecule has 1 fully saturated rings. The number of hydrogen-bond donors (Lipinski definition) is 1. The first-order chi connectivity index (χ1) is 18.2. The number of halogens is 1. The van der Waals surface area contributed by atoms with Gasteiger partial charge in [-0.1, -0.05) is 24.1 Å². The minimum atomic E-state index is -1.09. The van der Waals surface area contributed by atoms with Gasteiger partial charge < -0.3 is 19.1 Å². The number of imidazole rings is 1. The molecule has 0 spiro atoms. The van der Waals surface area contributed by atoms with Crippen molar-refractivity contribution in [2.24, 2.45) is 5.92 Å². The van der Waals surface area contributed by atoms with Gasteiger partial charge in [-0.15, -0.1) is 0 Å². The first-order valence-electron chi connectivity index (χ1n) is 13.2. The summed E-state index contributed by atoms with van der Waals surface area (Å²) in [6, 6.07) is 9.11. The summed E-state index contributed by atoms with van der Waals surface area (Å²) in [5.74, 6) is 1.26. The second-order valence-electron chi connectivity index (χ2n) is 10.4. The molecule has 0 saturated heterocycles. The van der Waals surface area contributed by atoms with Crippen LogP contribution in [0.4, 0.5) is 10.5 Å². The maximum absolute atomic E-state index is 12.7. The van der Waals surface area contributed by atoms with E-state index in [0.717, 1.165) is 54.4 Å². The van der Waals surface area contributed by atoms with Crippen LogP contribution < -0.4 is 9.64 Å². The summed E-state index contributed by atoms with van der Waals surface area (Å²) < 4.78 is 12.5. The summed E-state index contributed by atoms with van der Waals surface area (Å²) in [7, 11) is 2.95. The van der Waals surface area contributed by atoms with Crippen molar-refractivity contribution in [1.82, 2.24) is 9.55 Å². The Morgan fingerprint density at radius 3 is 2.63 bits per heavy atom. The van der Waals surface area contributed by atoms with Crippen LogP contribution in [0.1, 0.15) is 75.0 Å². The number of hydrogen-bond acceptors (Lipinski definition) is 6. The van der Waals surface area contributed by atoms with E-state index in [9.17, 15) is 14.7 Å². The van der Waals surface area contributed by atoms with Crippen LogP contribution in [0.25, 0.3) is 11.0 Å². The maximum atomic E-state index is 12.7. The topological polar surface area (TPSA) is 93.9 Å². The highest BCUT2D eigenvalue weighted by Crippen LogP contribution is 2.43. The molecular weight excluding hydrogens is 506 g/mol. The number of ether oxygens (including phenoxy) is 2. The predicted octanol–water partition coefficient (Wildman–Crippen LogP) is 6.01. The van der Waals surface area contributed by atoms with Gasteiger partial charge in [0.1, 0.15) is 23.5 Å². The zero-order valence-electron chi connectivity index (χ0n) is 22.2. The lowest BCUT2D eigenvalue weighted by Crippen LogP contribution is -2.42. The molecule has 1 N–H and O–H groups in total. The number of amides is 1. The number of ketones is 1. The number of carbonyl (C=O) groups is 2. The Balaban J connectivity index is 1.70. The van der Waals surface area contributed by atoms with Crippen molar-refractivity contribution in [1.29, 1.82) is 0 Å². The number of rotatable bonds is 5. The fourth-order valence-electron chi connectivity index (χ4n) is 6.13. The van der Waals surface area contributed by atoms with Crippen molar-refractivity contribution in [2.75, 3.05) is 19.1 Å². The fourth-order valence-corrected chi connectivity index (χ4v) is 6.41. The normalized spacial score (nSPS) is 22.2. The highest BCUT2D eigenvalue weighted by molar-refractivity contribution is 6.31. The minimum Gasteiger partial charge on any atom is -0.497 e. The van der Waals surface area contributed by atoms with Crippen LogP contribution in [0.15, 0.2) is 30.3 Å². The standard InChI is InChI=1S/C29H34ClN3O5/c1-16-8-10-22-24(32(16)29(36)38-4)12-13-25-26(22)31-28(27(35)21-11-9-20(37-3)15-23(21)30)33(25)19-7-5-6-18(14-19)17(2)34/h9,11-13,15-16,18-19,27,35H,5-8,10,14H2,1-4H3/t16-,18+,19+,27+/m0/s1. The molecule has 9 heteroatoms. The summed E-state index contributed by atoms with van der Waals surface area (Å²) in [4.78, 5) is 31.7. The highest BCUT2D eigenvalue weighted by Gasteiger charge is 2.35. The summed E-state index contributed by atoms with van der Waals surface area (Å²) in [5.41, 5.74) is 3.91. The third kappa shape index (κ3) is 4.54. The highest BCUT2D eigenvalue weighted by atomic mass is 35.5. The van der Waals surface area contributed by atoms with Gasteiger partial charge in [-0.3, -0.25) is 9.69 Å². The number of carbonyl (C=O) groups excluding carboxylic acids is 2. The molecule has 8 nitrogen and oxygen atoms in total. The lowest BCUT2D eigenvalue weighted by Gasteiger charge is -2.34. The molecule has 1 aliphatic heterocycles. The number of benzene rings is 2. The third-order valence-electron chi connectivity index (χ3n) is 8.19. The molecule has 1 saturated carbocycles. The Labute approximate surface area is 227 Å². The van der Waals surface area contributed by atoms with Crippen LogP contribution in [0.2, 0.25) is 5.02 Å². The number of Topliss-reactive ketones (excluding diaryl/α,β-unsaturated/α-hetero) is 1. The molecule has 4 atom stereocenters. The van der Waals surface area contributed by atoms with Crippen LogP contribution in [0, 0.1) is 5.92 Å². The first kappa shape index (κ1) is 26.5. The van der Waals surface area contributed by atoms with E-state index in [0.29, 0.717) is 28.6 Å². The Hall–Kier alpha value is -3.10. The van der Waals surface area contributed by atoms with Crippen molar-refractivity contribution < 1.29 is 24.2 Å². The van der Waals surface area contributed by atoms with E-state index < -0.39 is 12.2 Å². The van der Waals surface area contributed by atoms with Gasteiger partial charge in [-0.25, -0.2) is 9.78 Å². The molecule has 2 aromatic carbocycles. The Morgan fingerprint density at radius 1 is 1.16 bits per heavy atom. The molecule has 3 aromatic rings. The van der Waals surface area contributed by atoms with Crippen molar-refractivity contribution in [3.05, 3.63) is 52.3 Å². The smallest absolute Gasteiger partial charge is 0.414 e. The van der Waals surface area contributed by atoms with E-state index in [4.69, 9.17) is 26.1 Å². The summed E-state index contributed by atoms with van der Waals surface area (Å²) in [6.07, 6.45) is 3.40. The lowest BCUT2D eigenvalue weighted by atomic mass is 9.83. The molecule has 202 valence electrons. The second-order valence-corrected chi connectivity index (χ2v) is 10.8. The van der Waals surface area contributed by atoms with E-state index in [1.165, 1.54) is 7.11 Å². The number of fused-ring (bicyclic) bond motifs is 3.